The molecule has 1 aliphatic carbocycles. The molecule has 1 unspecified atom stereocenters. The van der Waals surface area contributed by atoms with Gasteiger partial charge in [0.2, 0.25) is 0 Å². The van der Waals surface area contributed by atoms with Crippen molar-refractivity contribution in [2.45, 2.75) is 0 Å². The fraction of sp³-hybridized carbons (Fsp3) is 0.375. The molecule has 0 aromatic heterocycles. The van der Waals surface area contributed by atoms with Crippen LogP contribution in [0.5, 0.6) is 0 Å². The maximum absolute atomic E-state index is 4.32. The predicted octanol–water partition coefficient (Wildman–Crippen LogP) is 0.0661. The Bertz CT molecular complexity index is 213. The first-order chi connectivity index (χ1) is 4.97. The number of hydrogen-bond acceptors (Lipinski definition) is 2. The van der Waals surface area contributed by atoms with Crippen LogP contribution in [0, 0.1) is 5.92 Å². The third-order valence-electron chi connectivity index (χ3n) is 1.84. The number of fused-ring (bicyclic) bond motifs is 1. The summed E-state index contributed by atoms with van der Waals surface area (Å²) in [7, 11) is 0. The van der Waals surface area contributed by atoms with Crippen LogP contribution in [-0.4, -0.2) is 18.9 Å². The van der Waals surface area contributed by atoms with E-state index in [1.165, 1.54) is 5.71 Å². The first-order valence-electron chi connectivity index (χ1n) is 3.57. The molecule has 0 aromatic rings. The zero-order chi connectivity index (χ0) is 6.81. The second-order valence-corrected chi connectivity index (χ2v) is 2.55. The average molecular weight is 134 g/mol. The Balaban J connectivity index is 2.27. The smallest absolute Gasteiger partial charge is 0.255 e. The lowest BCUT2D eigenvalue weighted by molar-refractivity contribution is 0.598. The molecule has 0 saturated heterocycles. The zero-order valence-corrected chi connectivity index (χ0v) is 5.75. The number of aliphatic imine (C=N–C) groups is 1. The normalized spacial score (nSPS) is 29.6. The number of hydrogen-bond donors (Lipinski definition) is 1. The molecular weight excluding hydrogens is 124 g/mol. The molecule has 51 valence electrons. The van der Waals surface area contributed by atoms with Crippen LogP contribution in [0.3, 0.4) is 0 Å². The standard InChI is InChI=1S/C8H10N2/c1-2-4-8-7(3-1)5-9-6-10-8/h1-4,7,9H,5-6H2/q+1. The van der Waals surface area contributed by atoms with E-state index in [0.717, 1.165) is 13.2 Å². The SMILES string of the molecule is C1=CC2=[N+]CNCC2C=C1. The van der Waals surface area contributed by atoms with Gasteiger partial charge in [-0.15, -0.1) is 0 Å². The summed E-state index contributed by atoms with van der Waals surface area (Å²) in [6, 6.07) is 0. The second-order valence-electron chi connectivity index (χ2n) is 2.55. The molecule has 0 amide bonds. The summed E-state index contributed by atoms with van der Waals surface area (Å²) in [5.41, 5.74) is 1.22. The van der Waals surface area contributed by atoms with Gasteiger partial charge in [0.25, 0.3) is 12.4 Å². The lowest BCUT2D eigenvalue weighted by Gasteiger charge is -2.11. The van der Waals surface area contributed by atoms with E-state index in [9.17, 15) is 0 Å². The van der Waals surface area contributed by atoms with Crippen LogP contribution in [0.15, 0.2) is 24.3 Å². The second kappa shape index (κ2) is 2.39. The molecule has 0 fully saturated rings. The van der Waals surface area contributed by atoms with Crippen molar-refractivity contribution in [3.63, 3.8) is 0 Å². The van der Waals surface area contributed by atoms with Crippen molar-refractivity contribution in [1.29, 1.82) is 0 Å². The zero-order valence-electron chi connectivity index (χ0n) is 5.75. The van der Waals surface area contributed by atoms with Crippen LogP contribution >= 0.6 is 0 Å². The number of rotatable bonds is 0. The van der Waals surface area contributed by atoms with Crippen LogP contribution in [0.2, 0.25) is 0 Å². The van der Waals surface area contributed by atoms with Gasteiger partial charge in [-0.05, 0) is 0 Å². The summed E-state index contributed by atoms with van der Waals surface area (Å²) >= 11 is 0. The van der Waals surface area contributed by atoms with Crippen molar-refractivity contribution in [2.24, 2.45) is 5.92 Å². The first-order valence-corrected chi connectivity index (χ1v) is 3.57. The fourth-order valence-corrected chi connectivity index (χ4v) is 1.28. The van der Waals surface area contributed by atoms with E-state index < -0.39 is 0 Å². The minimum absolute atomic E-state index is 0.527. The van der Waals surface area contributed by atoms with Gasteiger partial charge in [0, 0.05) is 17.6 Å². The van der Waals surface area contributed by atoms with Crippen LogP contribution in [0.25, 0.3) is 0 Å². The topological polar surface area (TPSA) is 26.1 Å². The Morgan fingerprint density at radius 2 is 2.50 bits per heavy atom. The summed E-state index contributed by atoms with van der Waals surface area (Å²) in [6.07, 6.45) is 8.40. The van der Waals surface area contributed by atoms with Crippen LogP contribution in [0.4, 0.5) is 0 Å². The quantitative estimate of drug-likeness (QED) is 0.498. The predicted molar refractivity (Wildman–Crippen MR) is 41.8 cm³/mol. The van der Waals surface area contributed by atoms with E-state index in [1.54, 1.807) is 0 Å². The molecule has 1 atom stereocenters. The van der Waals surface area contributed by atoms with E-state index in [2.05, 4.69) is 28.5 Å². The third kappa shape index (κ3) is 0.907. The maximum Gasteiger partial charge on any atom is 0.264 e. The Hall–Kier alpha value is -0.890. The monoisotopic (exact) mass is 134 g/mol. The van der Waals surface area contributed by atoms with Gasteiger partial charge in [-0.2, -0.15) is 0 Å². The van der Waals surface area contributed by atoms with Crippen molar-refractivity contribution in [3.05, 3.63) is 24.3 Å². The summed E-state index contributed by atoms with van der Waals surface area (Å²) in [5, 5.41) is 3.21. The number of nitrogens with zero attached hydrogens (tertiary/aromatic N) is 1. The molecule has 0 aromatic carbocycles. The number of allylic oxidation sites excluding steroid dienone is 3. The van der Waals surface area contributed by atoms with E-state index in [1.807, 2.05) is 6.08 Å². The molecule has 2 rings (SSSR count). The highest BCUT2D eigenvalue weighted by molar-refractivity contribution is 5.98. The fourth-order valence-electron chi connectivity index (χ4n) is 1.28. The van der Waals surface area contributed by atoms with E-state index >= 15 is 0 Å². The molecule has 2 heteroatoms. The highest BCUT2D eigenvalue weighted by atomic mass is 15.0. The highest BCUT2D eigenvalue weighted by Crippen LogP contribution is 2.07. The maximum atomic E-state index is 4.32. The summed E-state index contributed by atoms with van der Waals surface area (Å²) in [5.74, 6) is 0.527. The van der Waals surface area contributed by atoms with Crippen molar-refractivity contribution in [1.82, 2.24) is 10.3 Å². The molecular formula is C8H10N2+. The van der Waals surface area contributed by atoms with Gasteiger partial charge in [0.1, 0.15) is 0 Å². The van der Waals surface area contributed by atoms with Crippen LogP contribution in [0.1, 0.15) is 0 Å². The van der Waals surface area contributed by atoms with Gasteiger partial charge < -0.3 is 0 Å². The molecule has 0 spiro atoms. The molecule has 1 aliphatic heterocycles. The molecule has 10 heavy (non-hydrogen) atoms. The van der Waals surface area contributed by atoms with Gasteiger partial charge in [0.05, 0.1) is 5.92 Å². The highest BCUT2D eigenvalue weighted by Gasteiger charge is 2.24. The minimum Gasteiger partial charge on any atom is -0.255 e. The van der Waals surface area contributed by atoms with E-state index in [4.69, 9.17) is 0 Å². The van der Waals surface area contributed by atoms with Gasteiger partial charge in [-0.25, -0.2) is 0 Å². The summed E-state index contributed by atoms with van der Waals surface area (Å²) in [6.45, 7) is 1.82. The van der Waals surface area contributed by atoms with Crippen molar-refractivity contribution < 1.29 is 0 Å². The summed E-state index contributed by atoms with van der Waals surface area (Å²) in [4.78, 5) is 4.32. The van der Waals surface area contributed by atoms with Gasteiger partial charge >= 0.3 is 0 Å². The molecule has 0 bridgehead atoms. The Morgan fingerprint density at radius 3 is 3.40 bits per heavy atom. The summed E-state index contributed by atoms with van der Waals surface area (Å²) < 4.78 is 0. The molecule has 0 saturated carbocycles. The van der Waals surface area contributed by atoms with Crippen LogP contribution < -0.4 is 10.3 Å². The average Bonchev–Trinajstić information content (AvgIpc) is 2.05. The lowest BCUT2D eigenvalue weighted by Crippen LogP contribution is -2.38. The van der Waals surface area contributed by atoms with Crippen molar-refractivity contribution in [2.75, 3.05) is 13.2 Å². The Kier molecular flexibility index (Phi) is 1.40. The molecule has 2 nitrogen and oxygen atoms in total. The van der Waals surface area contributed by atoms with Crippen LogP contribution in [-0.2, 0) is 0 Å². The van der Waals surface area contributed by atoms with E-state index in [0.29, 0.717) is 5.92 Å². The van der Waals surface area contributed by atoms with Crippen molar-refractivity contribution >= 4 is 5.71 Å². The van der Waals surface area contributed by atoms with Gasteiger partial charge in [-0.3, -0.25) is 5.32 Å². The largest absolute Gasteiger partial charge is 0.264 e. The molecule has 2 aliphatic rings. The molecule has 1 radical (unpaired) electrons. The molecule has 1 heterocycles. The molecule has 1 N–H and O–H groups in total. The first kappa shape index (κ1) is 5.86. The number of nitrogens with one attached hydrogen (secondary N) is 1. The van der Waals surface area contributed by atoms with Crippen molar-refractivity contribution in [3.8, 4) is 0 Å². The lowest BCUT2D eigenvalue weighted by atomic mass is 9.97. The van der Waals surface area contributed by atoms with Gasteiger partial charge in [-0.1, -0.05) is 18.2 Å². The third-order valence-corrected chi connectivity index (χ3v) is 1.84. The van der Waals surface area contributed by atoms with Gasteiger partial charge in [0.15, 0.2) is 0 Å². The Labute approximate surface area is 60.3 Å². The Morgan fingerprint density at radius 1 is 1.50 bits per heavy atom. The van der Waals surface area contributed by atoms with E-state index in [-0.39, 0.29) is 0 Å². The minimum atomic E-state index is 0.527.